The molecule has 0 saturated carbocycles. The molecule has 2 N–H and O–H groups in total. The summed E-state index contributed by atoms with van der Waals surface area (Å²) in [6.45, 7) is 0.652. The minimum Gasteiger partial charge on any atom is -0.478 e. The molecule has 88 valence electrons. The summed E-state index contributed by atoms with van der Waals surface area (Å²) in [5.74, 6) is 0.619. The molecule has 2 rings (SSSR count). The predicted molar refractivity (Wildman–Crippen MR) is 66.7 cm³/mol. The van der Waals surface area contributed by atoms with Gasteiger partial charge >= 0.3 is 0 Å². The Morgan fingerprint density at radius 2 is 1.94 bits per heavy atom. The van der Waals surface area contributed by atoms with Gasteiger partial charge in [-0.15, -0.1) is 0 Å². The first kappa shape index (κ1) is 11.4. The van der Waals surface area contributed by atoms with E-state index in [9.17, 15) is 0 Å². The molecule has 17 heavy (non-hydrogen) atoms. The lowest BCUT2D eigenvalue weighted by molar-refractivity contribution is 0.299. The molecule has 2 heterocycles. The average molecular weight is 229 g/mol. The molecule has 4 nitrogen and oxygen atoms in total. The zero-order valence-corrected chi connectivity index (χ0v) is 9.54. The third-order valence-electron chi connectivity index (χ3n) is 2.37. The second-order valence-corrected chi connectivity index (χ2v) is 3.74. The zero-order valence-electron chi connectivity index (χ0n) is 9.54. The van der Waals surface area contributed by atoms with Gasteiger partial charge in [-0.05, 0) is 36.6 Å². The van der Waals surface area contributed by atoms with Crippen LogP contribution < -0.4 is 10.5 Å². The van der Waals surface area contributed by atoms with Gasteiger partial charge in [0.2, 0.25) is 5.88 Å². The average Bonchev–Trinajstić information content (AvgIpc) is 2.38. The molecule has 0 bridgehead atoms. The van der Waals surface area contributed by atoms with Crippen LogP contribution in [0.1, 0.15) is 12.0 Å². The van der Waals surface area contributed by atoms with Crippen molar-refractivity contribution in [2.75, 3.05) is 12.3 Å². The number of rotatable bonds is 5. The summed E-state index contributed by atoms with van der Waals surface area (Å²) < 4.78 is 5.50. The summed E-state index contributed by atoms with van der Waals surface area (Å²) >= 11 is 0. The van der Waals surface area contributed by atoms with Gasteiger partial charge in [-0.25, -0.2) is 4.98 Å². The number of ether oxygens (including phenoxy) is 1. The molecule has 2 aromatic rings. The molecule has 0 aliphatic carbocycles. The molecule has 0 unspecified atom stereocenters. The molecule has 0 spiro atoms. The molecular formula is C13H15N3O. The number of nitrogens with two attached hydrogens (primary N) is 1. The van der Waals surface area contributed by atoms with Gasteiger partial charge in [0.1, 0.15) is 0 Å². The molecule has 0 saturated heterocycles. The predicted octanol–water partition coefficient (Wildman–Crippen LogP) is 2.07. The molecule has 0 aliphatic rings. The Morgan fingerprint density at radius 3 is 2.65 bits per heavy atom. The quantitative estimate of drug-likeness (QED) is 0.797. The van der Waals surface area contributed by atoms with Gasteiger partial charge in [-0.3, -0.25) is 4.98 Å². The van der Waals surface area contributed by atoms with Crippen LogP contribution in [0.3, 0.4) is 0 Å². The Hall–Kier alpha value is -2.10. The van der Waals surface area contributed by atoms with E-state index >= 15 is 0 Å². The van der Waals surface area contributed by atoms with E-state index in [0.29, 0.717) is 18.2 Å². The standard InChI is InChI=1S/C13H15N3O/c14-12-3-4-13(16-10-12)17-9-1-2-11-5-7-15-8-6-11/h3-8,10H,1-2,9,14H2. The first-order chi connectivity index (χ1) is 8.34. The number of pyridine rings is 2. The topological polar surface area (TPSA) is 61.0 Å². The number of hydrogen-bond acceptors (Lipinski definition) is 4. The van der Waals surface area contributed by atoms with Crippen molar-refractivity contribution in [3.05, 3.63) is 48.4 Å². The summed E-state index contributed by atoms with van der Waals surface area (Å²) in [6.07, 6.45) is 7.14. The van der Waals surface area contributed by atoms with Gasteiger partial charge in [-0.2, -0.15) is 0 Å². The van der Waals surface area contributed by atoms with Gasteiger partial charge in [-0.1, -0.05) is 0 Å². The van der Waals surface area contributed by atoms with Crippen LogP contribution in [0.5, 0.6) is 5.88 Å². The van der Waals surface area contributed by atoms with Crippen LogP contribution in [0, 0.1) is 0 Å². The lowest BCUT2D eigenvalue weighted by Crippen LogP contribution is -2.01. The van der Waals surface area contributed by atoms with Gasteiger partial charge < -0.3 is 10.5 Å². The number of nitrogens with zero attached hydrogens (tertiary/aromatic N) is 2. The lowest BCUT2D eigenvalue weighted by atomic mass is 10.1. The minimum absolute atomic E-state index is 0.619. The Bertz CT molecular complexity index is 442. The molecule has 0 atom stereocenters. The highest BCUT2D eigenvalue weighted by Gasteiger charge is 1.96. The van der Waals surface area contributed by atoms with Crippen molar-refractivity contribution in [1.29, 1.82) is 0 Å². The van der Waals surface area contributed by atoms with Crippen molar-refractivity contribution in [3.63, 3.8) is 0 Å². The summed E-state index contributed by atoms with van der Waals surface area (Å²) in [4.78, 5) is 8.04. The maximum Gasteiger partial charge on any atom is 0.213 e. The number of nitrogen functional groups attached to an aromatic ring is 1. The van der Waals surface area contributed by atoms with Crippen LogP contribution in [0.15, 0.2) is 42.9 Å². The largest absolute Gasteiger partial charge is 0.478 e. The maximum absolute atomic E-state index is 5.53. The van der Waals surface area contributed by atoms with E-state index in [4.69, 9.17) is 10.5 Å². The van der Waals surface area contributed by atoms with E-state index in [1.165, 1.54) is 5.56 Å². The van der Waals surface area contributed by atoms with Crippen LogP contribution in [0.4, 0.5) is 5.69 Å². The zero-order chi connectivity index (χ0) is 11.9. The van der Waals surface area contributed by atoms with Crippen LogP contribution in [-0.4, -0.2) is 16.6 Å². The third kappa shape index (κ3) is 3.75. The van der Waals surface area contributed by atoms with E-state index in [-0.39, 0.29) is 0 Å². The van der Waals surface area contributed by atoms with Crippen molar-refractivity contribution in [2.45, 2.75) is 12.8 Å². The van der Waals surface area contributed by atoms with Gasteiger partial charge in [0.15, 0.2) is 0 Å². The maximum atomic E-state index is 5.53. The van der Waals surface area contributed by atoms with Crippen LogP contribution in [-0.2, 0) is 6.42 Å². The summed E-state index contributed by atoms with van der Waals surface area (Å²) in [5.41, 5.74) is 7.45. The van der Waals surface area contributed by atoms with E-state index in [0.717, 1.165) is 12.8 Å². The Morgan fingerprint density at radius 1 is 1.12 bits per heavy atom. The highest BCUT2D eigenvalue weighted by molar-refractivity contribution is 5.35. The Balaban J connectivity index is 1.71. The van der Waals surface area contributed by atoms with E-state index < -0.39 is 0 Å². The van der Waals surface area contributed by atoms with E-state index in [1.807, 2.05) is 12.1 Å². The van der Waals surface area contributed by atoms with Gasteiger partial charge in [0.05, 0.1) is 18.5 Å². The monoisotopic (exact) mass is 229 g/mol. The minimum atomic E-state index is 0.619. The smallest absolute Gasteiger partial charge is 0.213 e. The number of hydrogen-bond donors (Lipinski definition) is 1. The van der Waals surface area contributed by atoms with Crippen molar-refractivity contribution in [1.82, 2.24) is 9.97 Å². The normalized spacial score (nSPS) is 10.1. The number of aromatic nitrogens is 2. The Kier molecular flexibility index (Phi) is 3.91. The first-order valence-electron chi connectivity index (χ1n) is 5.58. The van der Waals surface area contributed by atoms with Crippen molar-refractivity contribution in [3.8, 4) is 5.88 Å². The highest BCUT2D eigenvalue weighted by atomic mass is 16.5. The molecule has 0 amide bonds. The van der Waals surface area contributed by atoms with Crippen molar-refractivity contribution >= 4 is 5.69 Å². The SMILES string of the molecule is Nc1ccc(OCCCc2ccncc2)nc1. The molecule has 2 aromatic heterocycles. The summed E-state index contributed by atoms with van der Waals surface area (Å²) in [6, 6.07) is 7.59. The number of aryl methyl sites for hydroxylation is 1. The van der Waals surface area contributed by atoms with Crippen molar-refractivity contribution in [2.24, 2.45) is 0 Å². The highest BCUT2D eigenvalue weighted by Crippen LogP contribution is 2.09. The second kappa shape index (κ2) is 5.84. The molecule has 0 fully saturated rings. The Labute approximate surface area is 100 Å². The molecule has 0 radical (unpaired) electrons. The second-order valence-electron chi connectivity index (χ2n) is 3.74. The van der Waals surface area contributed by atoms with Gasteiger partial charge in [0.25, 0.3) is 0 Å². The summed E-state index contributed by atoms with van der Waals surface area (Å²) in [7, 11) is 0. The number of anilines is 1. The van der Waals surface area contributed by atoms with Crippen LogP contribution in [0.25, 0.3) is 0 Å². The fourth-order valence-electron chi connectivity index (χ4n) is 1.48. The molecular weight excluding hydrogens is 214 g/mol. The van der Waals surface area contributed by atoms with Crippen LogP contribution in [0.2, 0.25) is 0 Å². The van der Waals surface area contributed by atoms with Crippen molar-refractivity contribution < 1.29 is 4.74 Å². The van der Waals surface area contributed by atoms with Crippen LogP contribution >= 0.6 is 0 Å². The molecule has 4 heteroatoms. The first-order valence-corrected chi connectivity index (χ1v) is 5.58. The molecule has 0 aromatic carbocycles. The lowest BCUT2D eigenvalue weighted by Gasteiger charge is -2.05. The molecule has 0 aliphatic heterocycles. The third-order valence-corrected chi connectivity index (χ3v) is 2.37. The summed E-state index contributed by atoms with van der Waals surface area (Å²) in [5, 5.41) is 0. The van der Waals surface area contributed by atoms with E-state index in [2.05, 4.69) is 9.97 Å². The van der Waals surface area contributed by atoms with Gasteiger partial charge in [0, 0.05) is 18.5 Å². The fraction of sp³-hybridized carbons (Fsp3) is 0.231. The fourth-order valence-corrected chi connectivity index (χ4v) is 1.48. The van der Waals surface area contributed by atoms with E-state index in [1.54, 1.807) is 30.7 Å².